The molecule has 3 nitrogen and oxygen atoms in total. The van der Waals surface area contributed by atoms with Crippen LogP contribution in [0.2, 0.25) is 5.02 Å². The molecule has 5 heteroatoms. The Morgan fingerprint density at radius 1 is 1.29 bits per heavy atom. The second kappa shape index (κ2) is 7.05. The highest BCUT2D eigenvalue weighted by molar-refractivity contribution is 6.31. The van der Waals surface area contributed by atoms with Gasteiger partial charge in [-0.1, -0.05) is 30.7 Å². The standard InChI is InChI=1S/C16H21ClFN3/c1-4-19-14(9-12-5-7-13(18)8-6-12)10-15-16(17)11(2)20-21(15)3/h5-8,14,19H,4,9-10H2,1-3H3. The Balaban J connectivity index is 2.13. The molecule has 2 aromatic rings. The minimum Gasteiger partial charge on any atom is -0.314 e. The topological polar surface area (TPSA) is 29.9 Å². The molecule has 1 aromatic carbocycles. The van der Waals surface area contributed by atoms with Crippen LogP contribution in [0.5, 0.6) is 0 Å². The normalized spacial score (nSPS) is 12.6. The number of benzene rings is 1. The summed E-state index contributed by atoms with van der Waals surface area (Å²) in [6.45, 7) is 4.86. The van der Waals surface area contributed by atoms with Crippen LogP contribution in [0.15, 0.2) is 24.3 Å². The quantitative estimate of drug-likeness (QED) is 0.887. The van der Waals surface area contributed by atoms with Crippen LogP contribution in [0.3, 0.4) is 0 Å². The fourth-order valence-electron chi connectivity index (χ4n) is 2.55. The summed E-state index contributed by atoms with van der Waals surface area (Å²) in [6.07, 6.45) is 1.62. The molecule has 1 aromatic heterocycles. The number of halogens is 2. The summed E-state index contributed by atoms with van der Waals surface area (Å²) < 4.78 is 14.8. The van der Waals surface area contributed by atoms with Crippen molar-refractivity contribution in [2.45, 2.75) is 32.7 Å². The molecule has 0 spiro atoms. The van der Waals surface area contributed by atoms with Crippen LogP contribution in [0.4, 0.5) is 4.39 Å². The number of aromatic nitrogens is 2. The molecule has 114 valence electrons. The van der Waals surface area contributed by atoms with Crippen molar-refractivity contribution in [3.63, 3.8) is 0 Å². The third-order valence-electron chi connectivity index (χ3n) is 3.59. The molecular formula is C16H21ClFN3. The van der Waals surface area contributed by atoms with Crippen molar-refractivity contribution >= 4 is 11.6 Å². The predicted molar refractivity (Wildman–Crippen MR) is 84.2 cm³/mol. The van der Waals surface area contributed by atoms with Crippen LogP contribution < -0.4 is 5.32 Å². The van der Waals surface area contributed by atoms with Gasteiger partial charge in [-0.05, 0) is 37.6 Å². The minimum atomic E-state index is -0.205. The van der Waals surface area contributed by atoms with Crippen LogP contribution in [-0.4, -0.2) is 22.4 Å². The number of likely N-dealkylation sites (N-methyl/N-ethyl adjacent to an activating group) is 1. The van der Waals surface area contributed by atoms with Crippen LogP contribution in [0.25, 0.3) is 0 Å². The first-order valence-electron chi connectivity index (χ1n) is 7.17. The first kappa shape index (κ1) is 16.0. The lowest BCUT2D eigenvalue weighted by Gasteiger charge is -2.18. The smallest absolute Gasteiger partial charge is 0.123 e. The van der Waals surface area contributed by atoms with Crippen molar-refractivity contribution in [2.75, 3.05) is 6.54 Å². The van der Waals surface area contributed by atoms with E-state index in [2.05, 4.69) is 17.3 Å². The number of hydrogen-bond donors (Lipinski definition) is 1. The molecule has 0 saturated carbocycles. The zero-order chi connectivity index (χ0) is 15.4. The van der Waals surface area contributed by atoms with E-state index < -0.39 is 0 Å². The Labute approximate surface area is 130 Å². The molecule has 0 bridgehead atoms. The average Bonchev–Trinajstić information content (AvgIpc) is 2.68. The van der Waals surface area contributed by atoms with E-state index in [1.54, 1.807) is 0 Å². The number of aryl methyl sites for hydroxylation is 2. The molecule has 0 aliphatic carbocycles. The van der Waals surface area contributed by atoms with Crippen LogP contribution in [-0.2, 0) is 19.9 Å². The van der Waals surface area contributed by atoms with E-state index in [9.17, 15) is 4.39 Å². The molecule has 1 heterocycles. The molecule has 0 aliphatic rings. The first-order valence-corrected chi connectivity index (χ1v) is 7.54. The Morgan fingerprint density at radius 2 is 1.95 bits per heavy atom. The van der Waals surface area contributed by atoms with Crippen LogP contribution in [0, 0.1) is 12.7 Å². The van der Waals surface area contributed by atoms with Crippen molar-refractivity contribution in [3.05, 3.63) is 52.1 Å². The van der Waals surface area contributed by atoms with E-state index >= 15 is 0 Å². The van der Waals surface area contributed by atoms with Gasteiger partial charge in [-0.15, -0.1) is 0 Å². The van der Waals surface area contributed by atoms with E-state index in [1.165, 1.54) is 12.1 Å². The zero-order valence-electron chi connectivity index (χ0n) is 12.7. The summed E-state index contributed by atoms with van der Waals surface area (Å²) in [4.78, 5) is 0. The van der Waals surface area contributed by atoms with Gasteiger partial charge in [-0.2, -0.15) is 5.10 Å². The van der Waals surface area contributed by atoms with Crippen molar-refractivity contribution in [2.24, 2.45) is 7.05 Å². The van der Waals surface area contributed by atoms with Gasteiger partial charge in [0.25, 0.3) is 0 Å². The molecule has 1 atom stereocenters. The summed E-state index contributed by atoms with van der Waals surface area (Å²) in [5.74, 6) is -0.205. The van der Waals surface area contributed by atoms with Gasteiger partial charge in [-0.25, -0.2) is 4.39 Å². The van der Waals surface area contributed by atoms with Gasteiger partial charge >= 0.3 is 0 Å². The fraction of sp³-hybridized carbons (Fsp3) is 0.438. The zero-order valence-corrected chi connectivity index (χ0v) is 13.4. The lowest BCUT2D eigenvalue weighted by molar-refractivity contribution is 0.504. The van der Waals surface area contributed by atoms with E-state index in [4.69, 9.17) is 11.6 Å². The van der Waals surface area contributed by atoms with Crippen molar-refractivity contribution < 1.29 is 4.39 Å². The largest absolute Gasteiger partial charge is 0.314 e. The third-order valence-corrected chi connectivity index (χ3v) is 4.08. The third kappa shape index (κ3) is 4.05. The predicted octanol–water partition coefficient (Wildman–Crippen LogP) is 3.28. The molecule has 0 aliphatic heterocycles. The highest BCUT2D eigenvalue weighted by Gasteiger charge is 2.17. The van der Waals surface area contributed by atoms with Gasteiger partial charge in [0.15, 0.2) is 0 Å². The number of nitrogens with one attached hydrogen (secondary N) is 1. The summed E-state index contributed by atoms with van der Waals surface area (Å²) in [5, 5.41) is 8.55. The summed E-state index contributed by atoms with van der Waals surface area (Å²) in [5.41, 5.74) is 2.99. The minimum absolute atomic E-state index is 0.205. The Hall–Kier alpha value is -1.39. The lowest BCUT2D eigenvalue weighted by atomic mass is 10.0. The lowest BCUT2D eigenvalue weighted by Crippen LogP contribution is -2.33. The number of rotatable bonds is 6. The van der Waals surface area contributed by atoms with Crippen LogP contribution in [0.1, 0.15) is 23.9 Å². The molecule has 0 radical (unpaired) electrons. The molecular weight excluding hydrogens is 289 g/mol. The highest BCUT2D eigenvalue weighted by atomic mass is 35.5. The van der Waals surface area contributed by atoms with Crippen molar-refractivity contribution in [1.82, 2.24) is 15.1 Å². The van der Waals surface area contributed by atoms with Crippen molar-refractivity contribution in [1.29, 1.82) is 0 Å². The highest BCUT2D eigenvalue weighted by Crippen LogP contribution is 2.21. The summed E-state index contributed by atoms with van der Waals surface area (Å²) >= 11 is 6.32. The van der Waals surface area contributed by atoms with Gasteiger partial charge < -0.3 is 5.32 Å². The van der Waals surface area contributed by atoms with Gasteiger partial charge in [0.05, 0.1) is 16.4 Å². The fourth-order valence-corrected chi connectivity index (χ4v) is 2.78. The van der Waals surface area contributed by atoms with Crippen molar-refractivity contribution in [3.8, 4) is 0 Å². The Morgan fingerprint density at radius 3 is 2.48 bits per heavy atom. The molecule has 0 fully saturated rings. The Kier molecular flexibility index (Phi) is 5.37. The van der Waals surface area contributed by atoms with E-state index in [0.29, 0.717) is 0 Å². The van der Waals surface area contributed by atoms with Gasteiger partial charge in [-0.3, -0.25) is 4.68 Å². The average molecular weight is 310 g/mol. The second-order valence-electron chi connectivity index (χ2n) is 5.26. The Bertz CT molecular complexity index is 592. The second-order valence-corrected chi connectivity index (χ2v) is 5.64. The molecule has 2 rings (SSSR count). The van der Waals surface area contributed by atoms with E-state index in [1.807, 2.05) is 30.8 Å². The molecule has 21 heavy (non-hydrogen) atoms. The monoisotopic (exact) mass is 309 g/mol. The van der Waals surface area contributed by atoms with Crippen LogP contribution >= 0.6 is 11.6 Å². The molecule has 1 N–H and O–H groups in total. The molecule has 0 saturated heterocycles. The van der Waals surface area contributed by atoms with E-state index in [-0.39, 0.29) is 11.9 Å². The number of nitrogens with zero attached hydrogens (tertiary/aromatic N) is 2. The molecule has 0 amide bonds. The summed E-state index contributed by atoms with van der Waals surface area (Å²) in [6, 6.07) is 6.90. The van der Waals surface area contributed by atoms with Gasteiger partial charge in [0.2, 0.25) is 0 Å². The van der Waals surface area contributed by atoms with Gasteiger partial charge in [0.1, 0.15) is 5.82 Å². The molecule has 1 unspecified atom stereocenters. The summed E-state index contributed by atoms with van der Waals surface area (Å²) in [7, 11) is 1.91. The maximum atomic E-state index is 13.0. The SMILES string of the molecule is CCNC(Cc1ccc(F)cc1)Cc1c(Cl)c(C)nn1C. The maximum absolute atomic E-state index is 13.0. The van der Waals surface area contributed by atoms with E-state index in [0.717, 1.165) is 41.4 Å². The van der Waals surface area contributed by atoms with Gasteiger partial charge in [0, 0.05) is 19.5 Å². The first-order chi connectivity index (χ1) is 10.0. The number of hydrogen-bond acceptors (Lipinski definition) is 2. The maximum Gasteiger partial charge on any atom is 0.123 e.